The van der Waals surface area contributed by atoms with Gasteiger partial charge in [-0.05, 0) is 13.0 Å². The van der Waals surface area contributed by atoms with Gasteiger partial charge >= 0.3 is 0 Å². The molecule has 0 aliphatic rings. The molecular weight excluding hydrogens is 170 g/mol. The van der Waals surface area contributed by atoms with Crippen LogP contribution in [0.2, 0.25) is 0 Å². The SMILES string of the molecule is CCN(CCC(N)=O)CCC(N)O. The van der Waals surface area contributed by atoms with Crippen molar-refractivity contribution in [3.05, 3.63) is 0 Å². The average Bonchev–Trinajstić information content (AvgIpc) is 2.04. The molecule has 0 aliphatic carbocycles. The standard InChI is InChI=1S/C8H19N3O2/c1-2-11(5-3-7(9)12)6-4-8(10)13/h7,12H,2-6,9H2,1H3,(H2,10,13). The van der Waals surface area contributed by atoms with Gasteiger partial charge in [0.15, 0.2) is 0 Å². The van der Waals surface area contributed by atoms with Gasteiger partial charge in [-0.15, -0.1) is 0 Å². The molecule has 0 rings (SSSR count). The number of carbonyl (C=O) groups is 1. The lowest BCUT2D eigenvalue weighted by atomic mass is 10.3. The Morgan fingerprint density at radius 3 is 2.54 bits per heavy atom. The molecule has 78 valence electrons. The molecule has 0 aliphatic heterocycles. The van der Waals surface area contributed by atoms with Crippen LogP contribution in [0.15, 0.2) is 0 Å². The Bertz CT molecular complexity index is 150. The fourth-order valence-electron chi connectivity index (χ4n) is 1.01. The molecule has 1 atom stereocenters. The smallest absolute Gasteiger partial charge is 0.218 e. The van der Waals surface area contributed by atoms with Gasteiger partial charge in [-0.3, -0.25) is 4.79 Å². The number of aliphatic hydroxyl groups excluding tert-OH is 1. The van der Waals surface area contributed by atoms with Crippen LogP contribution in [0.3, 0.4) is 0 Å². The normalized spacial score (nSPS) is 13.2. The van der Waals surface area contributed by atoms with E-state index in [0.717, 1.165) is 6.54 Å². The molecule has 0 fully saturated rings. The van der Waals surface area contributed by atoms with Crippen molar-refractivity contribution in [1.82, 2.24) is 4.90 Å². The Balaban J connectivity index is 3.57. The van der Waals surface area contributed by atoms with Crippen LogP contribution in [-0.4, -0.2) is 41.8 Å². The van der Waals surface area contributed by atoms with Gasteiger partial charge in [0, 0.05) is 19.5 Å². The van der Waals surface area contributed by atoms with Crippen LogP contribution in [-0.2, 0) is 4.79 Å². The van der Waals surface area contributed by atoms with Gasteiger partial charge in [0.1, 0.15) is 6.23 Å². The van der Waals surface area contributed by atoms with Crippen LogP contribution in [0.5, 0.6) is 0 Å². The van der Waals surface area contributed by atoms with Crippen LogP contribution in [0, 0.1) is 0 Å². The van der Waals surface area contributed by atoms with E-state index in [1.807, 2.05) is 11.8 Å². The number of aliphatic hydroxyl groups is 1. The minimum atomic E-state index is -0.775. The zero-order chi connectivity index (χ0) is 10.3. The summed E-state index contributed by atoms with van der Waals surface area (Å²) < 4.78 is 0. The highest BCUT2D eigenvalue weighted by molar-refractivity contribution is 5.73. The van der Waals surface area contributed by atoms with Gasteiger partial charge in [0.2, 0.25) is 5.91 Å². The molecule has 0 radical (unpaired) electrons. The van der Waals surface area contributed by atoms with Crippen molar-refractivity contribution in [2.75, 3.05) is 19.6 Å². The van der Waals surface area contributed by atoms with E-state index in [9.17, 15) is 4.79 Å². The lowest BCUT2D eigenvalue weighted by Gasteiger charge is -2.19. The van der Waals surface area contributed by atoms with E-state index in [2.05, 4.69) is 0 Å². The summed E-state index contributed by atoms with van der Waals surface area (Å²) in [5.41, 5.74) is 10.2. The van der Waals surface area contributed by atoms with Gasteiger partial charge in [-0.2, -0.15) is 0 Å². The van der Waals surface area contributed by atoms with Crippen molar-refractivity contribution >= 4 is 5.91 Å². The van der Waals surface area contributed by atoms with Crippen molar-refractivity contribution in [3.63, 3.8) is 0 Å². The summed E-state index contributed by atoms with van der Waals surface area (Å²) in [5.74, 6) is -0.299. The van der Waals surface area contributed by atoms with Crippen molar-refractivity contribution < 1.29 is 9.90 Å². The molecular formula is C8H19N3O2. The summed E-state index contributed by atoms with van der Waals surface area (Å²) in [4.78, 5) is 12.5. The van der Waals surface area contributed by atoms with E-state index in [-0.39, 0.29) is 5.91 Å². The van der Waals surface area contributed by atoms with E-state index in [0.29, 0.717) is 25.9 Å². The second kappa shape index (κ2) is 6.82. The fourth-order valence-corrected chi connectivity index (χ4v) is 1.01. The highest BCUT2D eigenvalue weighted by atomic mass is 16.3. The van der Waals surface area contributed by atoms with Crippen LogP contribution in [0.25, 0.3) is 0 Å². The molecule has 13 heavy (non-hydrogen) atoms. The summed E-state index contributed by atoms with van der Waals surface area (Å²) in [6.45, 7) is 4.16. The average molecular weight is 189 g/mol. The zero-order valence-corrected chi connectivity index (χ0v) is 8.07. The minimum absolute atomic E-state index is 0.299. The first-order valence-electron chi connectivity index (χ1n) is 4.50. The van der Waals surface area contributed by atoms with Crippen molar-refractivity contribution in [1.29, 1.82) is 0 Å². The second-order valence-electron chi connectivity index (χ2n) is 3.01. The van der Waals surface area contributed by atoms with E-state index in [1.165, 1.54) is 0 Å². The van der Waals surface area contributed by atoms with Gasteiger partial charge in [0.25, 0.3) is 0 Å². The number of nitrogens with zero attached hydrogens (tertiary/aromatic N) is 1. The number of hydrogen-bond donors (Lipinski definition) is 3. The molecule has 0 aromatic carbocycles. The van der Waals surface area contributed by atoms with Gasteiger partial charge in [0.05, 0.1) is 0 Å². The minimum Gasteiger partial charge on any atom is -0.379 e. The Morgan fingerprint density at radius 2 is 2.15 bits per heavy atom. The molecule has 1 unspecified atom stereocenters. The predicted molar refractivity (Wildman–Crippen MR) is 50.7 cm³/mol. The molecule has 0 aromatic heterocycles. The molecule has 0 aromatic rings. The number of hydrogen-bond acceptors (Lipinski definition) is 4. The fraction of sp³-hybridized carbons (Fsp3) is 0.875. The Hall–Kier alpha value is -0.650. The first kappa shape index (κ1) is 12.3. The molecule has 0 saturated heterocycles. The number of amides is 1. The van der Waals surface area contributed by atoms with Gasteiger partial charge in [-0.25, -0.2) is 0 Å². The van der Waals surface area contributed by atoms with E-state index >= 15 is 0 Å². The quantitative estimate of drug-likeness (QED) is 0.441. The summed E-state index contributed by atoms with van der Waals surface area (Å²) in [5, 5.41) is 8.83. The monoisotopic (exact) mass is 189 g/mol. The Labute approximate surface area is 78.7 Å². The predicted octanol–water partition coefficient (Wildman–Crippen LogP) is -1.15. The summed E-state index contributed by atoms with van der Waals surface area (Å²) >= 11 is 0. The molecule has 5 N–H and O–H groups in total. The highest BCUT2D eigenvalue weighted by Crippen LogP contribution is 1.94. The maximum atomic E-state index is 10.5. The Morgan fingerprint density at radius 1 is 1.54 bits per heavy atom. The first-order valence-corrected chi connectivity index (χ1v) is 4.50. The molecule has 5 nitrogen and oxygen atoms in total. The summed E-state index contributed by atoms with van der Waals surface area (Å²) in [7, 11) is 0. The number of primary amides is 1. The number of nitrogens with two attached hydrogens (primary N) is 2. The third kappa shape index (κ3) is 7.70. The van der Waals surface area contributed by atoms with Crippen molar-refractivity contribution in [2.24, 2.45) is 11.5 Å². The van der Waals surface area contributed by atoms with Crippen LogP contribution < -0.4 is 11.5 Å². The molecule has 5 heteroatoms. The number of carbonyl (C=O) groups excluding carboxylic acids is 1. The van der Waals surface area contributed by atoms with Crippen LogP contribution >= 0.6 is 0 Å². The third-order valence-electron chi connectivity index (χ3n) is 1.86. The van der Waals surface area contributed by atoms with Crippen molar-refractivity contribution in [2.45, 2.75) is 26.0 Å². The molecule has 0 saturated carbocycles. The highest BCUT2D eigenvalue weighted by Gasteiger charge is 2.05. The lowest BCUT2D eigenvalue weighted by molar-refractivity contribution is -0.118. The second-order valence-corrected chi connectivity index (χ2v) is 3.01. The number of rotatable bonds is 7. The Kier molecular flexibility index (Phi) is 6.48. The van der Waals surface area contributed by atoms with Crippen LogP contribution in [0.1, 0.15) is 19.8 Å². The molecule has 0 heterocycles. The van der Waals surface area contributed by atoms with E-state index < -0.39 is 6.23 Å². The third-order valence-corrected chi connectivity index (χ3v) is 1.86. The molecule has 1 amide bonds. The molecule has 0 spiro atoms. The van der Waals surface area contributed by atoms with Crippen LogP contribution in [0.4, 0.5) is 0 Å². The summed E-state index contributed by atoms with van der Waals surface area (Å²) in [6.07, 6.45) is 0.101. The maximum absolute atomic E-state index is 10.5. The van der Waals surface area contributed by atoms with Crippen molar-refractivity contribution in [3.8, 4) is 0 Å². The molecule has 0 bridgehead atoms. The van der Waals surface area contributed by atoms with Gasteiger partial charge in [-0.1, -0.05) is 6.92 Å². The van der Waals surface area contributed by atoms with E-state index in [4.69, 9.17) is 16.6 Å². The lowest BCUT2D eigenvalue weighted by Crippen LogP contribution is -2.32. The maximum Gasteiger partial charge on any atom is 0.218 e. The topological polar surface area (TPSA) is 92.6 Å². The van der Waals surface area contributed by atoms with E-state index in [1.54, 1.807) is 0 Å². The zero-order valence-electron chi connectivity index (χ0n) is 8.07. The largest absolute Gasteiger partial charge is 0.379 e. The van der Waals surface area contributed by atoms with Gasteiger partial charge < -0.3 is 21.5 Å². The first-order chi connectivity index (χ1) is 6.06. The summed E-state index contributed by atoms with van der Waals surface area (Å²) in [6, 6.07) is 0.